The van der Waals surface area contributed by atoms with E-state index in [4.69, 9.17) is 23.2 Å². The summed E-state index contributed by atoms with van der Waals surface area (Å²) in [5.74, 6) is -2.80. The third kappa shape index (κ3) is 3.91. The first-order valence-corrected chi connectivity index (χ1v) is 14.3. The maximum absolute atomic E-state index is 15.9. The molecule has 0 bridgehead atoms. The Morgan fingerprint density at radius 2 is 1.77 bits per heavy atom. The first-order valence-electron chi connectivity index (χ1n) is 13.5. The van der Waals surface area contributed by atoms with Gasteiger partial charge in [0, 0.05) is 33.6 Å². The number of aliphatic hydroxyl groups excluding tert-OH is 1. The number of carbonyl (C=O) groups is 2. The highest BCUT2D eigenvalue weighted by atomic mass is 35.5. The van der Waals surface area contributed by atoms with E-state index >= 15 is 4.39 Å². The lowest BCUT2D eigenvalue weighted by atomic mass is 9.46. The first-order chi connectivity index (χ1) is 19.1. The van der Waals surface area contributed by atoms with E-state index in [1.807, 2.05) is 0 Å². The molecule has 2 saturated carbocycles. The predicted octanol–water partition coefficient (Wildman–Crippen LogP) is 4.96. The Labute approximate surface area is 240 Å². The molecule has 2 aromatic rings. The number of carbonyl (C=O) groups excluding carboxylic acids is 2. The monoisotopic (exact) mass is 595 g/mol. The second kappa shape index (κ2) is 9.89. The molecular formula is C29H30Cl2F3N3O3. The predicted molar refractivity (Wildman–Crippen MR) is 146 cm³/mol. The largest absolute Gasteiger partial charge is 0.393 e. The molecule has 4 N–H and O–H groups in total. The number of aliphatic hydroxyl groups is 1. The molecule has 214 valence electrons. The summed E-state index contributed by atoms with van der Waals surface area (Å²) in [5.41, 5.74) is -3.20. The van der Waals surface area contributed by atoms with Gasteiger partial charge in [-0.15, -0.1) is 0 Å². The molecule has 1 saturated heterocycles. The van der Waals surface area contributed by atoms with Gasteiger partial charge in [-0.1, -0.05) is 41.4 Å². The normalized spacial score (nSPS) is 31.6. The van der Waals surface area contributed by atoms with Gasteiger partial charge in [0.2, 0.25) is 11.8 Å². The standard InChI is InChI=1S/C29H30Cl2F3N3O3/c30-15-4-9-19-21(10-15)36-26(40)29(19)22(18-2-1-3-20(31)23(18)34)24(25(39)35-16-5-7-17(38)8-6-16)37-28(29)11-27(12-28,13-32)14-33/h1-4,9-10,16-17,22,24,37-38H,5-8,11-14H2,(H,35,39)(H,36,40)/t16-,17-,22-,24+,29+/m0/s1. The summed E-state index contributed by atoms with van der Waals surface area (Å²) in [6, 6.07) is 7.97. The Balaban J connectivity index is 1.53. The fourth-order valence-corrected chi connectivity index (χ4v) is 8.22. The average molecular weight is 596 g/mol. The van der Waals surface area contributed by atoms with Gasteiger partial charge < -0.3 is 15.7 Å². The van der Waals surface area contributed by atoms with Crippen molar-refractivity contribution in [1.29, 1.82) is 0 Å². The van der Waals surface area contributed by atoms with Crippen LogP contribution in [0.1, 0.15) is 55.6 Å². The Bertz CT molecular complexity index is 1360. The van der Waals surface area contributed by atoms with Crippen molar-refractivity contribution >= 4 is 40.7 Å². The lowest BCUT2D eigenvalue weighted by Crippen LogP contribution is -2.70. The number of nitrogens with one attached hydrogen (secondary N) is 3. The molecule has 2 aromatic carbocycles. The number of rotatable bonds is 5. The molecule has 0 aromatic heterocycles. The van der Waals surface area contributed by atoms with Crippen molar-refractivity contribution in [3.63, 3.8) is 0 Å². The van der Waals surface area contributed by atoms with Crippen LogP contribution in [0.2, 0.25) is 10.0 Å². The van der Waals surface area contributed by atoms with Gasteiger partial charge in [0.15, 0.2) is 0 Å². The molecule has 4 aliphatic rings. The van der Waals surface area contributed by atoms with Gasteiger partial charge in [-0.05, 0) is 67.9 Å². The number of halogens is 5. The summed E-state index contributed by atoms with van der Waals surface area (Å²) in [4.78, 5) is 28.3. The zero-order valence-electron chi connectivity index (χ0n) is 21.6. The molecular weight excluding hydrogens is 566 g/mol. The van der Waals surface area contributed by atoms with Crippen molar-refractivity contribution in [2.24, 2.45) is 5.41 Å². The van der Waals surface area contributed by atoms with Gasteiger partial charge in [0.25, 0.3) is 0 Å². The zero-order chi connectivity index (χ0) is 28.4. The molecule has 11 heteroatoms. The van der Waals surface area contributed by atoms with Gasteiger partial charge in [-0.2, -0.15) is 0 Å². The van der Waals surface area contributed by atoms with E-state index < -0.39 is 65.4 Å². The smallest absolute Gasteiger partial charge is 0.238 e. The number of benzene rings is 2. The lowest BCUT2D eigenvalue weighted by molar-refractivity contribution is -0.131. The summed E-state index contributed by atoms with van der Waals surface area (Å²) in [7, 11) is 0. The zero-order valence-corrected chi connectivity index (χ0v) is 23.1. The number of anilines is 1. The molecule has 6 nitrogen and oxygen atoms in total. The van der Waals surface area contributed by atoms with Crippen molar-refractivity contribution in [2.75, 3.05) is 18.7 Å². The van der Waals surface area contributed by atoms with Gasteiger partial charge in [-0.3, -0.25) is 23.7 Å². The van der Waals surface area contributed by atoms with E-state index in [2.05, 4.69) is 16.0 Å². The van der Waals surface area contributed by atoms with E-state index in [-0.39, 0.29) is 29.5 Å². The molecule has 2 heterocycles. The van der Waals surface area contributed by atoms with Gasteiger partial charge >= 0.3 is 0 Å². The van der Waals surface area contributed by atoms with Gasteiger partial charge in [-0.25, -0.2) is 4.39 Å². The highest BCUT2D eigenvalue weighted by Gasteiger charge is 2.78. The fraction of sp³-hybridized carbons (Fsp3) is 0.517. The molecule has 2 spiro atoms. The van der Waals surface area contributed by atoms with E-state index in [9.17, 15) is 23.5 Å². The average Bonchev–Trinajstić information content (AvgIpc) is 3.38. The van der Waals surface area contributed by atoms with Crippen LogP contribution in [0.25, 0.3) is 0 Å². The molecule has 40 heavy (non-hydrogen) atoms. The maximum Gasteiger partial charge on any atom is 0.238 e. The van der Waals surface area contributed by atoms with Crippen molar-refractivity contribution in [3.8, 4) is 0 Å². The Morgan fingerprint density at radius 3 is 2.45 bits per heavy atom. The minimum absolute atomic E-state index is 0.0621. The third-order valence-electron chi connectivity index (χ3n) is 9.56. The first kappa shape index (κ1) is 27.8. The Morgan fingerprint density at radius 1 is 1.07 bits per heavy atom. The van der Waals surface area contributed by atoms with E-state index in [1.54, 1.807) is 24.3 Å². The van der Waals surface area contributed by atoms with E-state index in [1.165, 1.54) is 12.1 Å². The van der Waals surface area contributed by atoms with Crippen LogP contribution >= 0.6 is 23.2 Å². The lowest BCUT2D eigenvalue weighted by Gasteiger charge is -2.59. The van der Waals surface area contributed by atoms with Crippen LogP contribution in [0.3, 0.4) is 0 Å². The van der Waals surface area contributed by atoms with Crippen LogP contribution in [-0.2, 0) is 15.0 Å². The molecule has 6 rings (SSSR count). The van der Waals surface area contributed by atoms with Crippen LogP contribution in [0.5, 0.6) is 0 Å². The second-order valence-electron chi connectivity index (χ2n) is 11.9. The number of alkyl halides is 2. The van der Waals surface area contributed by atoms with E-state index in [0.717, 1.165) is 0 Å². The summed E-state index contributed by atoms with van der Waals surface area (Å²) >= 11 is 12.5. The number of amides is 2. The van der Waals surface area contributed by atoms with Crippen LogP contribution in [0, 0.1) is 11.2 Å². The molecule has 2 aliphatic carbocycles. The SMILES string of the molecule is O=C(N[C@H]1CC[C@H](O)CC1)[C@@H]1NC2(CC(CF)(CF)C2)[C@@]2(C(=O)Nc3cc(Cl)ccc32)[C@H]1c1cccc(Cl)c1F. The van der Waals surface area contributed by atoms with Crippen LogP contribution < -0.4 is 16.0 Å². The number of fused-ring (bicyclic) bond motifs is 3. The minimum atomic E-state index is -1.59. The fourth-order valence-electron chi connectivity index (χ4n) is 7.87. The molecule has 2 aliphatic heterocycles. The quantitative estimate of drug-likeness (QED) is 0.393. The van der Waals surface area contributed by atoms with E-state index in [0.29, 0.717) is 42.0 Å². The van der Waals surface area contributed by atoms with Crippen molar-refractivity contribution in [3.05, 3.63) is 63.4 Å². The molecule has 0 radical (unpaired) electrons. The minimum Gasteiger partial charge on any atom is -0.393 e. The highest BCUT2D eigenvalue weighted by Crippen LogP contribution is 2.68. The van der Waals surface area contributed by atoms with Gasteiger partial charge in [0.05, 0.1) is 30.5 Å². The maximum atomic E-state index is 15.9. The second-order valence-corrected chi connectivity index (χ2v) is 12.8. The highest BCUT2D eigenvalue weighted by molar-refractivity contribution is 6.31. The van der Waals surface area contributed by atoms with Crippen molar-refractivity contribution in [1.82, 2.24) is 10.6 Å². The van der Waals surface area contributed by atoms with Crippen molar-refractivity contribution in [2.45, 2.75) is 73.6 Å². The number of hydrogen-bond donors (Lipinski definition) is 4. The van der Waals surface area contributed by atoms with Crippen LogP contribution in [0.4, 0.5) is 18.9 Å². The Kier molecular flexibility index (Phi) is 6.88. The molecule has 0 unspecified atom stereocenters. The summed E-state index contributed by atoms with van der Waals surface area (Å²) in [6.07, 6.45) is 1.65. The number of hydrogen-bond acceptors (Lipinski definition) is 4. The van der Waals surface area contributed by atoms with Crippen LogP contribution in [-0.4, -0.2) is 54.0 Å². The topological polar surface area (TPSA) is 90.5 Å². The molecule has 2 amide bonds. The molecule has 3 atom stereocenters. The summed E-state index contributed by atoms with van der Waals surface area (Å²) in [5, 5.41) is 19.4. The third-order valence-corrected chi connectivity index (χ3v) is 10.1. The Hall–Kier alpha value is -2.33. The van der Waals surface area contributed by atoms with Crippen LogP contribution in [0.15, 0.2) is 36.4 Å². The van der Waals surface area contributed by atoms with Crippen molar-refractivity contribution < 1.29 is 27.9 Å². The summed E-state index contributed by atoms with van der Waals surface area (Å²) in [6.45, 7) is -1.87. The van der Waals surface area contributed by atoms with Gasteiger partial charge in [0.1, 0.15) is 11.2 Å². The summed E-state index contributed by atoms with van der Waals surface area (Å²) < 4.78 is 44.3. The molecule has 3 fully saturated rings.